The van der Waals surface area contributed by atoms with Gasteiger partial charge >= 0.3 is 0 Å². The predicted molar refractivity (Wildman–Crippen MR) is 76.5 cm³/mol. The Morgan fingerprint density at radius 3 is 3.10 bits per heavy atom. The van der Waals surface area contributed by atoms with Crippen molar-refractivity contribution >= 4 is 11.6 Å². The second kappa shape index (κ2) is 5.57. The fourth-order valence-corrected chi connectivity index (χ4v) is 2.54. The summed E-state index contributed by atoms with van der Waals surface area (Å²) in [6, 6.07) is 7.47. The molecule has 1 amide bonds. The zero-order valence-electron chi connectivity index (χ0n) is 11.8. The monoisotopic (exact) mass is 287 g/mol. The summed E-state index contributed by atoms with van der Waals surface area (Å²) in [4.78, 5) is 14.2. The van der Waals surface area contributed by atoms with Gasteiger partial charge in [0.2, 0.25) is 0 Å². The second-order valence-electron chi connectivity index (χ2n) is 5.12. The van der Waals surface area contributed by atoms with Gasteiger partial charge in [0.25, 0.3) is 5.91 Å². The maximum absolute atomic E-state index is 12.4. The maximum Gasteiger partial charge on any atom is 0.276 e. The number of nitrogen functional groups attached to an aromatic ring is 1. The van der Waals surface area contributed by atoms with Gasteiger partial charge in [-0.15, -0.1) is 0 Å². The smallest absolute Gasteiger partial charge is 0.276 e. The second-order valence-corrected chi connectivity index (χ2v) is 5.12. The van der Waals surface area contributed by atoms with Gasteiger partial charge in [-0.25, -0.2) is 0 Å². The lowest BCUT2D eigenvalue weighted by Gasteiger charge is -2.28. The first-order chi connectivity index (χ1) is 10.2. The Morgan fingerprint density at radius 1 is 1.43 bits per heavy atom. The van der Waals surface area contributed by atoms with Gasteiger partial charge in [-0.1, -0.05) is 11.2 Å². The van der Waals surface area contributed by atoms with Gasteiger partial charge in [-0.2, -0.15) is 0 Å². The molecular formula is C15H17N3O3. The van der Waals surface area contributed by atoms with E-state index in [0.29, 0.717) is 36.8 Å². The number of hydrogen-bond acceptors (Lipinski definition) is 5. The normalized spacial score (nSPS) is 14.0. The standard InChI is InChI=1S/C15H17N3O3/c1-20-9-13-7-14(17-21-13)15(19)18-5-4-10-2-3-12(16)6-11(10)8-18/h2-3,6-7H,4-5,8-9,16H2,1H3. The largest absolute Gasteiger partial charge is 0.399 e. The zero-order chi connectivity index (χ0) is 14.8. The topological polar surface area (TPSA) is 81.6 Å². The average molecular weight is 287 g/mol. The van der Waals surface area contributed by atoms with Gasteiger partial charge in [0, 0.05) is 32.0 Å². The number of carbonyl (C=O) groups excluding carboxylic acids is 1. The van der Waals surface area contributed by atoms with E-state index in [2.05, 4.69) is 5.16 Å². The molecule has 2 heterocycles. The summed E-state index contributed by atoms with van der Waals surface area (Å²) in [5.41, 5.74) is 9.17. The van der Waals surface area contributed by atoms with Crippen LogP contribution < -0.4 is 5.73 Å². The number of aromatic nitrogens is 1. The molecule has 1 aromatic heterocycles. The van der Waals surface area contributed by atoms with Crippen molar-refractivity contribution in [3.8, 4) is 0 Å². The highest BCUT2D eigenvalue weighted by atomic mass is 16.5. The number of ether oxygens (including phenoxy) is 1. The third-order valence-electron chi connectivity index (χ3n) is 3.59. The van der Waals surface area contributed by atoms with E-state index in [1.807, 2.05) is 18.2 Å². The van der Waals surface area contributed by atoms with Crippen LogP contribution in [0.2, 0.25) is 0 Å². The minimum atomic E-state index is -0.130. The van der Waals surface area contributed by atoms with Crippen LogP contribution in [0.1, 0.15) is 27.4 Å². The number of amides is 1. The molecule has 6 heteroatoms. The van der Waals surface area contributed by atoms with Crippen LogP contribution in [0.25, 0.3) is 0 Å². The Balaban J connectivity index is 1.76. The molecule has 1 aliphatic rings. The van der Waals surface area contributed by atoms with Gasteiger partial charge in [-0.05, 0) is 29.7 Å². The molecule has 2 aromatic rings. The Hall–Kier alpha value is -2.34. The number of anilines is 1. The van der Waals surface area contributed by atoms with Crippen molar-refractivity contribution in [1.82, 2.24) is 10.1 Å². The fraction of sp³-hybridized carbons (Fsp3) is 0.333. The van der Waals surface area contributed by atoms with E-state index in [4.69, 9.17) is 15.0 Å². The number of hydrogen-bond donors (Lipinski definition) is 1. The number of nitrogens with two attached hydrogens (primary N) is 1. The molecule has 0 spiro atoms. The van der Waals surface area contributed by atoms with Crippen molar-refractivity contribution in [3.63, 3.8) is 0 Å². The van der Waals surface area contributed by atoms with Crippen molar-refractivity contribution in [1.29, 1.82) is 0 Å². The van der Waals surface area contributed by atoms with Crippen molar-refractivity contribution in [3.05, 3.63) is 46.8 Å². The van der Waals surface area contributed by atoms with E-state index >= 15 is 0 Å². The highest BCUT2D eigenvalue weighted by Gasteiger charge is 2.24. The van der Waals surface area contributed by atoms with Crippen molar-refractivity contribution in [2.24, 2.45) is 0 Å². The molecular weight excluding hydrogens is 270 g/mol. The third-order valence-corrected chi connectivity index (χ3v) is 3.59. The molecule has 0 bridgehead atoms. The fourth-order valence-electron chi connectivity index (χ4n) is 2.54. The lowest BCUT2D eigenvalue weighted by molar-refractivity contribution is 0.0723. The van der Waals surface area contributed by atoms with Crippen LogP contribution in [0.4, 0.5) is 5.69 Å². The van der Waals surface area contributed by atoms with Gasteiger partial charge in [-0.3, -0.25) is 4.79 Å². The lowest BCUT2D eigenvalue weighted by Crippen LogP contribution is -2.36. The molecule has 0 saturated heterocycles. The van der Waals surface area contributed by atoms with E-state index < -0.39 is 0 Å². The lowest BCUT2D eigenvalue weighted by atomic mass is 9.99. The molecule has 6 nitrogen and oxygen atoms in total. The molecule has 110 valence electrons. The third kappa shape index (κ3) is 2.75. The molecule has 1 aromatic carbocycles. The number of fused-ring (bicyclic) bond motifs is 1. The molecule has 2 N–H and O–H groups in total. The van der Waals surface area contributed by atoms with Crippen molar-refractivity contribution in [2.45, 2.75) is 19.6 Å². The summed E-state index contributed by atoms with van der Waals surface area (Å²) < 4.78 is 10.0. The molecule has 3 rings (SSSR count). The first-order valence-electron chi connectivity index (χ1n) is 6.78. The van der Waals surface area contributed by atoms with Crippen LogP contribution in [0.5, 0.6) is 0 Å². The van der Waals surface area contributed by atoms with E-state index in [1.165, 1.54) is 5.56 Å². The highest BCUT2D eigenvalue weighted by Crippen LogP contribution is 2.22. The van der Waals surface area contributed by atoms with Crippen LogP contribution >= 0.6 is 0 Å². The minimum absolute atomic E-state index is 0.130. The number of methoxy groups -OCH3 is 1. The Morgan fingerprint density at radius 2 is 2.29 bits per heavy atom. The van der Waals surface area contributed by atoms with Crippen LogP contribution in [0.15, 0.2) is 28.8 Å². The van der Waals surface area contributed by atoms with Gasteiger partial charge in [0.1, 0.15) is 6.61 Å². The Kier molecular flexibility index (Phi) is 3.62. The first kappa shape index (κ1) is 13.6. The molecule has 0 fully saturated rings. The predicted octanol–water partition coefficient (Wildman–Crippen LogP) is 1.60. The van der Waals surface area contributed by atoms with Crippen molar-refractivity contribution in [2.75, 3.05) is 19.4 Å². The summed E-state index contributed by atoms with van der Waals surface area (Å²) in [7, 11) is 1.57. The van der Waals surface area contributed by atoms with Crippen LogP contribution in [0.3, 0.4) is 0 Å². The summed E-state index contributed by atoms with van der Waals surface area (Å²) in [6.45, 7) is 1.52. The average Bonchev–Trinajstić information content (AvgIpc) is 2.94. The van der Waals surface area contributed by atoms with E-state index in [1.54, 1.807) is 18.1 Å². The molecule has 1 aliphatic heterocycles. The van der Waals surface area contributed by atoms with Gasteiger partial charge in [0.15, 0.2) is 11.5 Å². The molecule has 0 radical (unpaired) electrons. The maximum atomic E-state index is 12.4. The minimum Gasteiger partial charge on any atom is -0.399 e. The summed E-state index contributed by atoms with van der Waals surface area (Å²) in [6.07, 6.45) is 0.824. The number of benzene rings is 1. The van der Waals surface area contributed by atoms with Crippen LogP contribution in [-0.2, 0) is 24.3 Å². The SMILES string of the molecule is COCc1cc(C(=O)N2CCc3ccc(N)cc3C2)no1. The molecule has 0 atom stereocenters. The molecule has 21 heavy (non-hydrogen) atoms. The Bertz CT molecular complexity index is 666. The first-order valence-corrected chi connectivity index (χ1v) is 6.78. The number of nitrogens with zero attached hydrogens (tertiary/aromatic N) is 2. The van der Waals surface area contributed by atoms with Crippen LogP contribution in [-0.4, -0.2) is 29.6 Å². The van der Waals surface area contributed by atoms with Gasteiger partial charge < -0.3 is 19.9 Å². The number of carbonyl (C=O) groups is 1. The molecule has 0 aliphatic carbocycles. The summed E-state index contributed by atoms with van der Waals surface area (Å²) in [5, 5.41) is 3.81. The van der Waals surface area contributed by atoms with E-state index in [9.17, 15) is 4.79 Å². The van der Waals surface area contributed by atoms with E-state index in [0.717, 1.165) is 12.0 Å². The number of rotatable bonds is 3. The van der Waals surface area contributed by atoms with Gasteiger partial charge in [0.05, 0.1) is 0 Å². The molecule has 0 saturated carbocycles. The quantitative estimate of drug-likeness (QED) is 0.867. The zero-order valence-corrected chi connectivity index (χ0v) is 11.8. The van der Waals surface area contributed by atoms with E-state index in [-0.39, 0.29) is 5.91 Å². The van der Waals surface area contributed by atoms with Crippen molar-refractivity contribution < 1.29 is 14.1 Å². The molecule has 0 unspecified atom stereocenters. The Labute approximate surface area is 122 Å². The summed E-state index contributed by atoms with van der Waals surface area (Å²) >= 11 is 0. The van der Waals surface area contributed by atoms with Crippen LogP contribution in [0, 0.1) is 0 Å². The summed E-state index contributed by atoms with van der Waals surface area (Å²) in [5.74, 6) is 0.414. The highest BCUT2D eigenvalue weighted by molar-refractivity contribution is 5.92.